The summed E-state index contributed by atoms with van der Waals surface area (Å²) in [5.74, 6) is 0.167. The summed E-state index contributed by atoms with van der Waals surface area (Å²) in [6.07, 6.45) is -4.40. The number of aliphatic hydroxyl groups excluding tert-OH is 1. The van der Waals surface area contributed by atoms with Crippen LogP contribution in [0, 0.1) is 0 Å². The summed E-state index contributed by atoms with van der Waals surface area (Å²) in [7, 11) is 0. The van der Waals surface area contributed by atoms with Gasteiger partial charge in [0.1, 0.15) is 11.9 Å². The first kappa shape index (κ1) is 22.3. The monoisotopic (exact) mass is 450 g/mol. The minimum absolute atomic E-state index is 0.00512. The summed E-state index contributed by atoms with van der Waals surface area (Å²) in [6.45, 7) is 4.67. The van der Waals surface area contributed by atoms with Crippen molar-refractivity contribution in [3.63, 3.8) is 0 Å². The van der Waals surface area contributed by atoms with E-state index in [4.69, 9.17) is 4.74 Å². The summed E-state index contributed by atoms with van der Waals surface area (Å²) in [5.41, 5.74) is 0.0545. The van der Waals surface area contributed by atoms with Gasteiger partial charge in [0.2, 0.25) is 5.95 Å². The molecule has 1 saturated heterocycles. The Hall–Kier alpha value is -2.85. The smallest absolute Gasteiger partial charge is 0.387 e. The number of hydrogen-bond acceptors (Lipinski definition) is 6. The van der Waals surface area contributed by atoms with Crippen molar-refractivity contribution in [1.29, 1.82) is 0 Å². The molecule has 32 heavy (non-hydrogen) atoms. The second-order valence-electron chi connectivity index (χ2n) is 7.98. The van der Waals surface area contributed by atoms with E-state index in [1.165, 1.54) is 10.6 Å². The van der Waals surface area contributed by atoms with Crippen LogP contribution in [0.4, 0.5) is 24.9 Å². The fourth-order valence-corrected chi connectivity index (χ4v) is 3.97. The molecule has 2 aromatic rings. The Balaban J connectivity index is 1.73. The quantitative estimate of drug-likeness (QED) is 0.492. The number of anilines is 2. The van der Waals surface area contributed by atoms with Crippen LogP contribution in [0.15, 0.2) is 53.8 Å². The topological polar surface area (TPSA) is 74.1 Å². The highest BCUT2D eigenvalue weighted by Gasteiger charge is 2.47. The van der Waals surface area contributed by atoms with Crippen LogP contribution in [0.25, 0.3) is 0 Å². The largest absolute Gasteiger partial charge is 0.408 e. The standard InChI is InChI=1S/C22H25F3N4O3/c1-2-9-27(12-16-14-32-16)19-11-20(31)28-10-8-18(22(23,24)25)29(21(28)26-19)13-17(30)15-6-4-3-5-7-15/h2-7,11,16-18,30H,1,8-10,12-14H2/t16?,17-,18+/m1/s1. The fourth-order valence-electron chi connectivity index (χ4n) is 3.97. The zero-order chi connectivity index (χ0) is 22.9. The number of fused-ring (bicyclic) bond motifs is 1. The van der Waals surface area contributed by atoms with Gasteiger partial charge in [0.15, 0.2) is 0 Å². The van der Waals surface area contributed by atoms with Crippen LogP contribution in [0.2, 0.25) is 0 Å². The minimum atomic E-state index is -4.54. The van der Waals surface area contributed by atoms with Gasteiger partial charge in [-0.15, -0.1) is 6.58 Å². The van der Waals surface area contributed by atoms with Crippen LogP contribution in [0.5, 0.6) is 0 Å². The van der Waals surface area contributed by atoms with E-state index in [0.717, 1.165) is 4.90 Å². The molecule has 3 atom stereocenters. The van der Waals surface area contributed by atoms with Gasteiger partial charge < -0.3 is 19.6 Å². The second-order valence-corrected chi connectivity index (χ2v) is 7.98. The Labute approximate surface area is 183 Å². The van der Waals surface area contributed by atoms with Crippen molar-refractivity contribution in [3.8, 4) is 0 Å². The highest BCUT2D eigenvalue weighted by Crippen LogP contribution is 2.35. The third-order valence-electron chi connectivity index (χ3n) is 5.67. The van der Waals surface area contributed by atoms with Crippen molar-refractivity contribution < 1.29 is 23.0 Å². The van der Waals surface area contributed by atoms with E-state index in [1.54, 1.807) is 41.3 Å². The predicted octanol–water partition coefficient (Wildman–Crippen LogP) is 2.51. The minimum Gasteiger partial charge on any atom is -0.387 e. The Morgan fingerprint density at radius 1 is 1.34 bits per heavy atom. The van der Waals surface area contributed by atoms with E-state index in [-0.39, 0.29) is 37.4 Å². The number of ether oxygens (including phenoxy) is 1. The lowest BCUT2D eigenvalue weighted by molar-refractivity contribution is -0.153. The third kappa shape index (κ3) is 4.81. The highest BCUT2D eigenvalue weighted by molar-refractivity contribution is 5.47. The molecule has 0 saturated carbocycles. The van der Waals surface area contributed by atoms with Gasteiger partial charge in [-0.3, -0.25) is 9.36 Å². The molecule has 0 radical (unpaired) electrons. The molecule has 1 unspecified atom stereocenters. The van der Waals surface area contributed by atoms with Crippen LogP contribution >= 0.6 is 0 Å². The lowest BCUT2D eigenvalue weighted by Gasteiger charge is -2.40. The summed E-state index contributed by atoms with van der Waals surface area (Å²) in [4.78, 5) is 20.1. The van der Waals surface area contributed by atoms with Crippen molar-refractivity contribution in [2.24, 2.45) is 0 Å². The maximum Gasteiger partial charge on any atom is 0.408 e. The number of hydrogen-bond donors (Lipinski definition) is 1. The van der Waals surface area contributed by atoms with Gasteiger partial charge in [0, 0.05) is 25.7 Å². The molecular formula is C22H25F3N4O3. The van der Waals surface area contributed by atoms with Crippen LogP contribution in [0.3, 0.4) is 0 Å². The molecule has 0 amide bonds. The molecule has 172 valence electrons. The summed E-state index contributed by atoms with van der Waals surface area (Å²) < 4.78 is 48.3. The molecule has 1 N–H and O–H groups in total. The molecule has 1 fully saturated rings. The molecule has 7 nitrogen and oxygen atoms in total. The number of epoxide rings is 1. The first-order valence-electron chi connectivity index (χ1n) is 10.4. The normalized spacial score (nSPS) is 21.1. The zero-order valence-corrected chi connectivity index (χ0v) is 17.4. The lowest BCUT2D eigenvalue weighted by Crippen LogP contribution is -2.53. The van der Waals surface area contributed by atoms with Crippen molar-refractivity contribution in [2.75, 3.05) is 36.0 Å². The number of β-amino-alcohol motifs (C(OH)–C–C–N with tert-alkyl or cyclic N) is 1. The zero-order valence-electron chi connectivity index (χ0n) is 17.4. The third-order valence-corrected chi connectivity index (χ3v) is 5.67. The average Bonchev–Trinajstić information content (AvgIpc) is 3.57. The molecule has 0 spiro atoms. The van der Waals surface area contributed by atoms with E-state index >= 15 is 0 Å². The molecular weight excluding hydrogens is 425 g/mol. The first-order valence-corrected chi connectivity index (χ1v) is 10.4. The molecule has 2 aliphatic rings. The summed E-state index contributed by atoms with van der Waals surface area (Å²) in [5, 5.41) is 10.7. The van der Waals surface area contributed by atoms with Crippen molar-refractivity contribution in [2.45, 2.75) is 37.4 Å². The van der Waals surface area contributed by atoms with E-state index in [9.17, 15) is 23.1 Å². The Morgan fingerprint density at radius 2 is 2.06 bits per heavy atom. The molecule has 3 heterocycles. The van der Waals surface area contributed by atoms with Gasteiger partial charge in [-0.25, -0.2) is 0 Å². The molecule has 0 aliphatic carbocycles. The molecule has 4 rings (SSSR count). The number of halogens is 3. The number of benzene rings is 1. The Morgan fingerprint density at radius 3 is 2.69 bits per heavy atom. The second kappa shape index (κ2) is 8.95. The van der Waals surface area contributed by atoms with Gasteiger partial charge in [0.25, 0.3) is 5.56 Å². The van der Waals surface area contributed by atoms with E-state index in [0.29, 0.717) is 25.3 Å². The lowest BCUT2D eigenvalue weighted by atomic mass is 10.1. The van der Waals surface area contributed by atoms with Crippen LogP contribution < -0.4 is 15.4 Å². The van der Waals surface area contributed by atoms with Gasteiger partial charge in [-0.2, -0.15) is 18.2 Å². The van der Waals surface area contributed by atoms with E-state index < -0.39 is 23.9 Å². The fraction of sp³-hybridized carbons (Fsp3) is 0.455. The van der Waals surface area contributed by atoms with Crippen molar-refractivity contribution in [1.82, 2.24) is 9.55 Å². The van der Waals surface area contributed by atoms with Crippen LogP contribution in [-0.4, -0.2) is 59.2 Å². The summed E-state index contributed by atoms with van der Waals surface area (Å²) in [6, 6.07) is 7.94. The molecule has 2 aliphatic heterocycles. The Kier molecular flexibility index (Phi) is 6.25. The number of aromatic nitrogens is 2. The maximum absolute atomic E-state index is 13.9. The van der Waals surface area contributed by atoms with Crippen LogP contribution in [-0.2, 0) is 11.3 Å². The number of rotatable bonds is 8. The highest BCUT2D eigenvalue weighted by atomic mass is 19.4. The number of nitrogens with zero attached hydrogens (tertiary/aromatic N) is 4. The molecule has 1 aromatic heterocycles. The average molecular weight is 450 g/mol. The molecule has 0 bridgehead atoms. The first-order chi connectivity index (χ1) is 15.3. The molecule has 1 aromatic carbocycles. The number of alkyl halides is 3. The Bertz CT molecular complexity index is 1010. The van der Waals surface area contributed by atoms with Gasteiger partial charge in [-0.05, 0) is 12.0 Å². The summed E-state index contributed by atoms with van der Waals surface area (Å²) >= 11 is 0. The predicted molar refractivity (Wildman–Crippen MR) is 114 cm³/mol. The van der Waals surface area contributed by atoms with Crippen LogP contribution in [0.1, 0.15) is 18.1 Å². The van der Waals surface area contributed by atoms with Crippen molar-refractivity contribution in [3.05, 3.63) is 65.0 Å². The number of aliphatic hydroxyl groups is 1. The van der Waals surface area contributed by atoms with Gasteiger partial charge in [0.05, 0.1) is 25.4 Å². The van der Waals surface area contributed by atoms with Gasteiger partial charge in [-0.1, -0.05) is 36.4 Å². The van der Waals surface area contributed by atoms with E-state index in [1.807, 2.05) is 0 Å². The maximum atomic E-state index is 13.9. The van der Waals surface area contributed by atoms with Crippen molar-refractivity contribution >= 4 is 11.8 Å². The SMILES string of the molecule is C=CCN(CC1CO1)c1cc(=O)n2c(n1)N(C[C@@H](O)c1ccccc1)[C@H](C(F)(F)F)CC2. The molecule has 10 heteroatoms. The van der Waals surface area contributed by atoms with Gasteiger partial charge >= 0.3 is 6.18 Å². The van der Waals surface area contributed by atoms with E-state index in [2.05, 4.69) is 11.6 Å².